The van der Waals surface area contributed by atoms with Gasteiger partial charge in [-0.2, -0.15) is 0 Å². The van der Waals surface area contributed by atoms with Gasteiger partial charge in [0.2, 0.25) is 0 Å². The molecule has 0 saturated heterocycles. The predicted molar refractivity (Wildman–Crippen MR) is 74.5 cm³/mol. The van der Waals surface area contributed by atoms with Gasteiger partial charge < -0.3 is 9.52 Å². The number of aromatic hydroxyl groups is 1. The van der Waals surface area contributed by atoms with E-state index >= 15 is 0 Å². The van der Waals surface area contributed by atoms with Crippen LogP contribution >= 0.6 is 38.5 Å². The van der Waals surface area contributed by atoms with E-state index in [1.54, 1.807) is 24.4 Å². The highest BCUT2D eigenvalue weighted by molar-refractivity contribution is 14.1. The molecular formula is C11H7BrINO2. The van der Waals surface area contributed by atoms with E-state index in [1.807, 2.05) is 12.1 Å². The van der Waals surface area contributed by atoms with Gasteiger partial charge in [-0.05, 0) is 28.1 Å². The number of halogens is 2. The average molecular weight is 392 g/mol. The summed E-state index contributed by atoms with van der Waals surface area (Å²) in [6.07, 6.45) is 1.57. The maximum Gasteiger partial charge on any atom is 0.178 e. The zero-order chi connectivity index (χ0) is 11.5. The van der Waals surface area contributed by atoms with E-state index in [0.29, 0.717) is 11.4 Å². The number of benzene rings is 1. The van der Waals surface area contributed by atoms with Crippen LogP contribution in [0.15, 0.2) is 44.2 Å². The van der Waals surface area contributed by atoms with Crippen molar-refractivity contribution >= 4 is 50.4 Å². The Balaban J connectivity index is 2.25. The molecule has 0 aliphatic carbocycles. The van der Waals surface area contributed by atoms with E-state index < -0.39 is 0 Å². The molecule has 1 aromatic heterocycles. The third kappa shape index (κ3) is 2.65. The van der Waals surface area contributed by atoms with Gasteiger partial charge in [0.1, 0.15) is 17.2 Å². The zero-order valence-corrected chi connectivity index (χ0v) is 11.8. The smallest absolute Gasteiger partial charge is 0.178 e. The fraction of sp³-hybridized carbons (Fsp3) is 0. The molecule has 0 saturated carbocycles. The number of phenolic OH excluding ortho intramolecular Hbond substituents is 1. The van der Waals surface area contributed by atoms with Crippen LogP contribution in [0, 0.1) is 3.77 Å². The molecular weight excluding hydrogens is 385 g/mol. The third-order valence-corrected chi connectivity index (χ3v) is 4.01. The molecule has 0 fully saturated rings. The van der Waals surface area contributed by atoms with Crippen molar-refractivity contribution in [2.24, 2.45) is 4.99 Å². The normalized spacial score (nSPS) is 11.1. The SMILES string of the molecule is Oc1ccccc1N=Cc1cc(Br)c(I)o1. The fourth-order valence-corrected chi connectivity index (χ4v) is 1.85. The minimum atomic E-state index is 0.152. The minimum Gasteiger partial charge on any atom is -0.506 e. The number of rotatable bonds is 2. The van der Waals surface area contributed by atoms with Crippen molar-refractivity contribution in [3.05, 3.63) is 44.3 Å². The van der Waals surface area contributed by atoms with Gasteiger partial charge in [-0.25, -0.2) is 4.99 Å². The van der Waals surface area contributed by atoms with Gasteiger partial charge in [0.25, 0.3) is 0 Å². The summed E-state index contributed by atoms with van der Waals surface area (Å²) in [5.74, 6) is 0.790. The van der Waals surface area contributed by atoms with Crippen molar-refractivity contribution in [2.45, 2.75) is 0 Å². The lowest BCUT2D eigenvalue weighted by molar-refractivity contribution is 0.477. The second-order valence-corrected chi connectivity index (χ2v) is 4.85. The summed E-state index contributed by atoms with van der Waals surface area (Å²) < 4.78 is 7.05. The molecule has 16 heavy (non-hydrogen) atoms. The van der Waals surface area contributed by atoms with E-state index in [1.165, 1.54) is 0 Å². The van der Waals surface area contributed by atoms with Crippen LogP contribution < -0.4 is 0 Å². The molecule has 0 spiro atoms. The first-order valence-electron chi connectivity index (χ1n) is 4.44. The van der Waals surface area contributed by atoms with Crippen LogP contribution in [-0.4, -0.2) is 11.3 Å². The summed E-state index contributed by atoms with van der Waals surface area (Å²) in [6.45, 7) is 0. The van der Waals surface area contributed by atoms with Crippen LogP contribution in [0.25, 0.3) is 0 Å². The Hall–Kier alpha value is -0.820. The van der Waals surface area contributed by atoms with Gasteiger partial charge in [0.05, 0.1) is 10.7 Å². The highest BCUT2D eigenvalue weighted by Gasteiger charge is 2.03. The van der Waals surface area contributed by atoms with Crippen molar-refractivity contribution < 1.29 is 9.52 Å². The van der Waals surface area contributed by atoms with Gasteiger partial charge in [0, 0.05) is 28.7 Å². The molecule has 3 nitrogen and oxygen atoms in total. The Bertz CT molecular complexity index is 517. The Morgan fingerprint density at radius 1 is 1.38 bits per heavy atom. The number of para-hydroxylation sites is 2. The van der Waals surface area contributed by atoms with Crippen molar-refractivity contribution in [3.63, 3.8) is 0 Å². The quantitative estimate of drug-likeness (QED) is 0.618. The average Bonchev–Trinajstić information content (AvgIpc) is 2.57. The second kappa shape index (κ2) is 5.01. The minimum absolute atomic E-state index is 0.152. The second-order valence-electron chi connectivity index (χ2n) is 3.02. The van der Waals surface area contributed by atoms with Gasteiger partial charge in [-0.15, -0.1) is 0 Å². The number of aliphatic imine (C=N–C) groups is 1. The van der Waals surface area contributed by atoms with Crippen molar-refractivity contribution in [1.29, 1.82) is 0 Å². The number of hydrogen-bond donors (Lipinski definition) is 1. The van der Waals surface area contributed by atoms with E-state index in [0.717, 1.165) is 8.24 Å². The topological polar surface area (TPSA) is 45.7 Å². The highest BCUT2D eigenvalue weighted by Crippen LogP contribution is 2.26. The molecule has 0 aliphatic heterocycles. The molecule has 0 aliphatic rings. The Kier molecular flexibility index (Phi) is 3.65. The summed E-state index contributed by atoms with van der Waals surface area (Å²) in [4.78, 5) is 4.14. The molecule has 5 heteroatoms. The largest absolute Gasteiger partial charge is 0.506 e. The van der Waals surface area contributed by atoms with Gasteiger partial charge in [0.15, 0.2) is 3.77 Å². The molecule has 1 aromatic carbocycles. The predicted octanol–water partition coefficient (Wildman–Crippen LogP) is 4.10. The Morgan fingerprint density at radius 3 is 2.75 bits per heavy atom. The summed E-state index contributed by atoms with van der Waals surface area (Å²) in [6, 6.07) is 8.71. The number of nitrogens with zero attached hydrogens (tertiary/aromatic N) is 1. The van der Waals surface area contributed by atoms with Crippen molar-refractivity contribution in [2.75, 3.05) is 0 Å². The first kappa shape index (κ1) is 11.7. The molecule has 1 N–H and O–H groups in total. The fourth-order valence-electron chi connectivity index (χ4n) is 1.13. The van der Waals surface area contributed by atoms with Crippen LogP contribution in [0.1, 0.15) is 5.76 Å². The summed E-state index contributed by atoms with van der Waals surface area (Å²) in [5.41, 5.74) is 0.519. The molecule has 0 radical (unpaired) electrons. The monoisotopic (exact) mass is 391 g/mol. The van der Waals surface area contributed by atoms with Crippen LogP contribution in [0.5, 0.6) is 5.75 Å². The van der Waals surface area contributed by atoms with Crippen LogP contribution in [0.4, 0.5) is 5.69 Å². The molecule has 2 aromatic rings. The van der Waals surface area contributed by atoms with E-state index in [9.17, 15) is 5.11 Å². The van der Waals surface area contributed by atoms with Gasteiger partial charge in [-0.3, -0.25) is 0 Å². The van der Waals surface area contributed by atoms with E-state index in [2.05, 4.69) is 43.5 Å². The van der Waals surface area contributed by atoms with Crippen molar-refractivity contribution in [1.82, 2.24) is 0 Å². The molecule has 0 unspecified atom stereocenters. The molecule has 1 heterocycles. The number of hydrogen-bond acceptors (Lipinski definition) is 3. The van der Waals surface area contributed by atoms with Crippen molar-refractivity contribution in [3.8, 4) is 5.75 Å². The molecule has 0 atom stereocenters. The number of furan rings is 1. The van der Waals surface area contributed by atoms with Crippen LogP contribution in [0.3, 0.4) is 0 Å². The number of phenols is 1. The van der Waals surface area contributed by atoms with E-state index in [4.69, 9.17) is 4.42 Å². The lowest BCUT2D eigenvalue weighted by atomic mass is 10.3. The summed E-state index contributed by atoms with van der Waals surface area (Å²) in [7, 11) is 0. The first-order chi connectivity index (χ1) is 7.66. The molecule has 82 valence electrons. The molecule has 2 rings (SSSR count). The first-order valence-corrected chi connectivity index (χ1v) is 6.31. The maximum atomic E-state index is 9.49. The van der Waals surface area contributed by atoms with Crippen LogP contribution in [0.2, 0.25) is 0 Å². The highest BCUT2D eigenvalue weighted by atomic mass is 127. The summed E-state index contributed by atoms with van der Waals surface area (Å²) >= 11 is 5.43. The van der Waals surface area contributed by atoms with Crippen LogP contribution in [-0.2, 0) is 0 Å². The Morgan fingerprint density at radius 2 is 2.12 bits per heavy atom. The van der Waals surface area contributed by atoms with E-state index in [-0.39, 0.29) is 5.75 Å². The third-order valence-electron chi connectivity index (χ3n) is 1.88. The molecule has 0 amide bonds. The molecule has 0 bridgehead atoms. The maximum absolute atomic E-state index is 9.49. The van der Waals surface area contributed by atoms with Gasteiger partial charge in [-0.1, -0.05) is 12.1 Å². The zero-order valence-electron chi connectivity index (χ0n) is 8.02. The standard InChI is InChI=1S/C11H7BrINO2/c12-8-5-7(16-11(8)13)6-14-9-3-1-2-4-10(9)15/h1-6,15H. The lowest BCUT2D eigenvalue weighted by Crippen LogP contribution is -1.74. The lowest BCUT2D eigenvalue weighted by Gasteiger charge is -1.95. The Labute approximate surface area is 114 Å². The summed E-state index contributed by atoms with van der Waals surface area (Å²) in [5, 5.41) is 9.49. The van der Waals surface area contributed by atoms with Gasteiger partial charge >= 0.3 is 0 Å².